The van der Waals surface area contributed by atoms with E-state index >= 15 is 13.2 Å². The monoisotopic (exact) mass is 686 g/mol. The number of methoxy groups -OCH3 is 1. The highest BCUT2D eigenvalue weighted by Gasteiger charge is 2.65. The molecule has 8 rings (SSSR count). The van der Waals surface area contributed by atoms with Gasteiger partial charge in [-0.25, -0.2) is 12.7 Å². The topological polar surface area (TPSA) is 129 Å². The van der Waals surface area contributed by atoms with Gasteiger partial charge in [0.05, 0.1) is 36.6 Å². The minimum absolute atomic E-state index is 0.0340. The number of nitriles is 1. The van der Waals surface area contributed by atoms with Crippen LogP contribution in [-0.2, 0) is 20.4 Å². The second-order valence-electron chi connectivity index (χ2n) is 12.8. The lowest BCUT2D eigenvalue weighted by molar-refractivity contribution is -0.127. The number of rotatable bonds is 8. The number of hydrogen-bond donors (Lipinski definition) is 0. The fraction of sp³-hybridized carbons (Fsp3) is 0.263. The number of nitrogens with zero attached hydrogens (tertiary/aromatic N) is 6. The Morgan fingerprint density at radius 3 is 2.52 bits per heavy atom. The van der Waals surface area contributed by atoms with Gasteiger partial charge in [-0.2, -0.15) is 5.26 Å². The summed E-state index contributed by atoms with van der Waals surface area (Å²) >= 11 is 0. The number of amides is 1. The molecule has 3 aliphatic heterocycles. The first-order valence-electron chi connectivity index (χ1n) is 16.5. The van der Waals surface area contributed by atoms with E-state index in [1.165, 1.54) is 6.07 Å². The van der Waals surface area contributed by atoms with Crippen LogP contribution < -0.4 is 18.7 Å². The van der Waals surface area contributed by atoms with Crippen LogP contribution in [0.3, 0.4) is 0 Å². The highest BCUT2D eigenvalue weighted by atomic mass is 32.2. The average molecular weight is 687 g/mol. The minimum atomic E-state index is -4.56. The number of carbonyl (C=O) groups excluding carboxylic acids is 1. The summed E-state index contributed by atoms with van der Waals surface area (Å²) < 4.78 is 42.9. The third-order valence-electron chi connectivity index (χ3n) is 10.2. The number of anilines is 2. The molecule has 0 aliphatic carbocycles. The Morgan fingerprint density at radius 2 is 1.80 bits per heavy atom. The number of piperazine rings is 1. The van der Waals surface area contributed by atoms with Crippen LogP contribution in [0.15, 0.2) is 96.3 Å². The molecule has 12 heteroatoms. The van der Waals surface area contributed by atoms with Crippen LogP contribution in [0, 0.1) is 18.3 Å². The van der Waals surface area contributed by atoms with Crippen LogP contribution in [0.5, 0.6) is 11.5 Å². The van der Waals surface area contributed by atoms with Gasteiger partial charge in [-0.3, -0.25) is 19.7 Å². The molecule has 1 amide bonds. The fourth-order valence-corrected chi connectivity index (χ4v) is 9.72. The second-order valence-corrected chi connectivity index (χ2v) is 14.5. The molecule has 0 saturated carbocycles. The van der Waals surface area contributed by atoms with Crippen LogP contribution in [0.4, 0.5) is 11.4 Å². The van der Waals surface area contributed by atoms with Gasteiger partial charge in [-0.15, -0.1) is 0 Å². The molecule has 50 heavy (non-hydrogen) atoms. The SMILES string of the molecule is CCOc1ccc(OC)cc1C1(N2C[C@@H]3C[C@H]2CN3c2ccncc2)C(=O)N(S(=O)(=O)c2cccc3c(C)ccnc23)c2ccc(C#N)cc21. The molecule has 0 spiro atoms. The predicted molar refractivity (Wildman–Crippen MR) is 188 cm³/mol. The molecular formula is C38H34N6O5S. The Morgan fingerprint density at radius 1 is 0.980 bits per heavy atom. The van der Waals surface area contributed by atoms with E-state index in [4.69, 9.17) is 9.47 Å². The van der Waals surface area contributed by atoms with Crippen molar-refractivity contribution in [1.82, 2.24) is 14.9 Å². The first-order chi connectivity index (χ1) is 24.2. The summed E-state index contributed by atoms with van der Waals surface area (Å²) in [5.74, 6) is 0.223. The van der Waals surface area contributed by atoms with Gasteiger partial charge in [0.1, 0.15) is 16.4 Å². The summed E-state index contributed by atoms with van der Waals surface area (Å²) in [6.45, 7) is 5.10. The molecule has 5 aromatic rings. The molecule has 3 atom stereocenters. The predicted octanol–water partition coefficient (Wildman–Crippen LogP) is 5.16. The van der Waals surface area contributed by atoms with Crippen molar-refractivity contribution in [3.63, 3.8) is 0 Å². The molecule has 3 aromatic carbocycles. The molecule has 3 aliphatic rings. The number of aromatic nitrogens is 2. The standard InChI is InChI=1S/C38H34N6O5S/c1-4-49-34-11-9-29(48-3)20-32(34)38(43-23-27-19-28(43)22-42(27)26-13-15-40-16-14-26)31-18-25(21-39)8-10-33(31)44(37(38)45)50(46,47)35-7-5-6-30-24(2)12-17-41-36(30)35/h5-18,20,27-28H,4,19,22-23H2,1-3H3/t27-,28-,38?/m0/s1. The van der Waals surface area contributed by atoms with Crippen molar-refractivity contribution in [2.24, 2.45) is 0 Å². The van der Waals surface area contributed by atoms with E-state index in [2.05, 4.69) is 25.8 Å². The van der Waals surface area contributed by atoms with E-state index in [1.54, 1.807) is 68.2 Å². The second kappa shape index (κ2) is 11.8. The lowest BCUT2D eigenvalue weighted by Gasteiger charge is -2.45. The number of benzene rings is 3. The van der Waals surface area contributed by atoms with E-state index in [0.717, 1.165) is 22.0 Å². The maximum atomic E-state index is 15.8. The van der Waals surface area contributed by atoms with Crippen molar-refractivity contribution in [1.29, 1.82) is 5.26 Å². The van der Waals surface area contributed by atoms with Crippen molar-refractivity contribution in [3.8, 4) is 17.6 Å². The minimum Gasteiger partial charge on any atom is -0.497 e. The van der Waals surface area contributed by atoms with Crippen LogP contribution in [-0.4, -0.2) is 68.1 Å². The van der Waals surface area contributed by atoms with E-state index in [9.17, 15) is 5.26 Å². The number of ether oxygens (including phenoxy) is 2. The van der Waals surface area contributed by atoms with E-state index < -0.39 is 21.5 Å². The highest BCUT2D eigenvalue weighted by molar-refractivity contribution is 7.93. The molecule has 5 heterocycles. The Labute approximate surface area is 290 Å². The zero-order chi connectivity index (χ0) is 34.8. The molecule has 2 bridgehead atoms. The van der Waals surface area contributed by atoms with Crippen molar-refractivity contribution in [3.05, 3.63) is 114 Å². The van der Waals surface area contributed by atoms with Crippen LogP contribution in [0.25, 0.3) is 10.9 Å². The summed E-state index contributed by atoms with van der Waals surface area (Å²) in [5.41, 5.74) is 1.80. The van der Waals surface area contributed by atoms with Gasteiger partial charge in [0, 0.05) is 66.0 Å². The molecule has 11 nitrogen and oxygen atoms in total. The van der Waals surface area contributed by atoms with Crippen LogP contribution in [0.2, 0.25) is 0 Å². The maximum absolute atomic E-state index is 15.8. The summed E-state index contributed by atoms with van der Waals surface area (Å²) in [4.78, 5) is 28.8. The maximum Gasteiger partial charge on any atom is 0.273 e. The van der Waals surface area contributed by atoms with Crippen molar-refractivity contribution < 1.29 is 22.7 Å². The smallest absolute Gasteiger partial charge is 0.273 e. The van der Waals surface area contributed by atoms with Gasteiger partial charge < -0.3 is 14.4 Å². The third kappa shape index (κ3) is 4.50. The molecule has 2 aromatic heterocycles. The van der Waals surface area contributed by atoms with E-state index in [0.29, 0.717) is 53.3 Å². The summed E-state index contributed by atoms with van der Waals surface area (Å²) in [6, 6.07) is 22.9. The normalized spacial score (nSPS) is 21.4. The number of pyridine rings is 2. The summed E-state index contributed by atoms with van der Waals surface area (Å²) in [7, 11) is -3.02. The quantitative estimate of drug-likeness (QED) is 0.216. The van der Waals surface area contributed by atoms with Gasteiger partial charge >= 0.3 is 0 Å². The molecule has 2 saturated heterocycles. The lowest BCUT2D eigenvalue weighted by atomic mass is 9.80. The zero-order valence-electron chi connectivity index (χ0n) is 27.8. The largest absolute Gasteiger partial charge is 0.497 e. The van der Waals surface area contributed by atoms with Gasteiger partial charge in [-0.1, -0.05) is 12.1 Å². The van der Waals surface area contributed by atoms with Crippen LogP contribution >= 0.6 is 0 Å². The van der Waals surface area contributed by atoms with E-state index in [1.807, 2.05) is 38.1 Å². The average Bonchev–Trinajstić information content (AvgIpc) is 3.82. The first kappa shape index (κ1) is 31.7. The van der Waals surface area contributed by atoms with Gasteiger partial charge in [0.2, 0.25) is 0 Å². The Kier molecular flexibility index (Phi) is 7.51. The van der Waals surface area contributed by atoms with Crippen molar-refractivity contribution >= 4 is 38.2 Å². The molecule has 1 unspecified atom stereocenters. The Bertz CT molecular complexity index is 2330. The number of sulfonamides is 1. The van der Waals surface area contributed by atoms with Gasteiger partial charge in [0.25, 0.3) is 15.9 Å². The first-order valence-corrected chi connectivity index (χ1v) is 17.9. The number of carbonyl (C=O) groups is 1. The summed E-state index contributed by atoms with van der Waals surface area (Å²) in [6.07, 6.45) is 5.84. The van der Waals surface area contributed by atoms with Crippen molar-refractivity contribution in [2.45, 2.75) is 42.8 Å². The van der Waals surface area contributed by atoms with Gasteiger partial charge in [0.15, 0.2) is 5.54 Å². The Hall–Kier alpha value is -5.51. The molecular weight excluding hydrogens is 653 g/mol. The van der Waals surface area contributed by atoms with Crippen LogP contribution in [0.1, 0.15) is 35.6 Å². The molecule has 0 N–H and O–H groups in total. The van der Waals surface area contributed by atoms with E-state index in [-0.39, 0.29) is 28.2 Å². The molecule has 252 valence electrons. The molecule has 2 fully saturated rings. The van der Waals surface area contributed by atoms with Gasteiger partial charge in [-0.05, 0) is 86.5 Å². The Balaban J connectivity index is 1.39. The lowest BCUT2D eigenvalue weighted by Crippen LogP contribution is -2.60. The molecule has 0 radical (unpaired) electrons. The summed E-state index contributed by atoms with van der Waals surface area (Å²) in [5, 5.41) is 10.8. The number of likely N-dealkylation sites (tertiary alicyclic amines) is 1. The van der Waals surface area contributed by atoms with Crippen molar-refractivity contribution in [2.75, 3.05) is 36.0 Å². The number of aryl methyl sites for hydroxylation is 1. The highest BCUT2D eigenvalue weighted by Crippen LogP contribution is 2.56. The number of fused-ring (bicyclic) bond motifs is 4. The number of hydrogen-bond acceptors (Lipinski definition) is 10. The number of para-hydroxylation sites is 1. The third-order valence-corrected chi connectivity index (χ3v) is 12.0. The fourth-order valence-electron chi connectivity index (χ4n) is 8.10. The zero-order valence-corrected chi connectivity index (χ0v) is 28.6.